The summed E-state index contributed by atoms with van der Waals surface area (Å²) in [5, 5.41) is 11.4. The van der Waals surface area contributed by atoms with Crippen LogP contribution in [-0.2, 0) is 19.8 Å². The minimum Gasteiger partial charge on any atom is -0.435 e. The van der Waals surface area contributed by atoms with Crippen molar-refractivity contribution >= 4 is 11.1 Å². The normalized spacial score (nSPS) is 14.9. The van der Waals surface area contributed by atoms with Gasteiger partial charge in [-0.05, 0) is 77.8 Å². The van der Waals surface area contributed by atoms with Crippen LogP contribution in [-0.4, -0.2) is 26.3 Å². The van der Waals surface area contributed by atoms with E-state index in [1.54, 1.807) is 41.9 Å². The van der Waals surface area contributed by atoms with Gasteiger partial charge in [0.1, 0.15) is 23.2 Å². The molecule has 6 nitrogen and oxygen atoms in total. The smallest absolute Gasteiger partial charge is 0.420 e. The van der Waals surface area contributed by atoms with Crippen molar-refractivity contribution < 1.29 is 22.0 Å². The van der Waals surface area contributed by atoms with Crippen LogP contribution in [0.25, 0.3) is 45.1 Å². The van der Waals surface area contributed by atoms with E-state index < -0.39 is 17.6 Å². The summed E-state index contributed by atoms with van der Waals surface area (Å²) in [6.07, 6.45) is 1.46. The molecule has 1 aliphatic carbocycles. The van der Waals surface area contributed by atoms with Crippen LogP contribution in [0.15, 0.2) is 65.3 Å². The van der Waals surface area contributed by atoms with E-state index in [0.717, 1.165) is 31.9 Å². The molecule has 6 rings (SSSR count). The van der Waals surface area contributed by atoms with Crippen molar-refractivity contribution in [2.24, 2.45) is 12.5 Å². The average Bonchev–Trinajstić information content (AvgIpc) is 3.55. The number of nitrogens with one attached hydrogen (secondary N) is 1. The molecule has 5 aromatic rings. The molecule has 0 atom stereocenters. The molecular weight excluding hydrogens is 534 g/mol. The highest BCUT2D eigenvalue weighted by Crippen LogP contribution is 2.43. The third-order valence-corrected chi connectivity index (χ3v) is 8.20. The third-order valence-electron chi connectivity index (χ3n) is 8.20. The van der Waals surface area contributed by atoms with E-state index in [9.17, 15) is 17.6 Å². The Kier molecular flexibility index (Phi) is 6.89. The Morgan fingerprint density at radius 1 is 1.02 bits per heavy atom. The second-order valence-electron chi connectivity index (χ2n) is 10.9. The van der Waals surface area contributed by atoms with Crippen LogP contribution in [0.2, 0.25) is 0 Å². The maximum absolute atomic E-state index is 14.2. The molecular formula is C31H29F4N5O. The number of aryl methyl sites for hydroxylation is 1. The summed E-state index contributed by atoms with van der Waals surface area (Å²) in [4.78, 5) is 4.47. The van der Waals surface area contributed by atoms with Gasteiger partial charge in [0.15, 0.2) is 11.4 Å². The summed E-state index contributed by atoms with van der Waals surface area (Å²) in [6, 6.07) is 14.2. The van der Waals surface area contributed by atoms with E-state index in [0.29, 0.717) is 40.2 Å². The van der Waals surface area contributed by atoms with Gasteiger partial charge in [0.2, 0.25) is 5.89 Å². The van der Waals surface area contributed by atoms with Crippen molar-refractivity contribution in [3.63, 3.8) is 0 Å². The molecule has 41 heavy (non-hydrogen) atoms. The highest BCUT2D eigenvalue weighted by molar-refractivity contribution is 5.84. The third kappa shape index (κ3) is 5.24. The van der Waals surface area contributed by atoms with Gasteiger partial charge in [-0.15, -0.1) is 10.2 Å². The second-order valence-corrected chi connectivity index (χ2v) is 10.9. The van der Waals surface area contributed by atoms with Crippen molar-refractivity contribution in [2.45, 2.75) is 45.3 Å². The maximum atomic E-state index is 14.2. The van der Waals surface area contributed by atoms with Crippen LogP contribution in [0.5, 0.6) is 0 Å². The first-order chi connectivity index (χ1) is 19.7. The Hall–Kier alpha value is -4.05. The van der Waals surface area contributed by atoms with Gasteiger partial charge < -0.3 is 14.3 Å². The van der Waals surface area contributed by atoms with Crippen LogP contribution in [0.1, 0.15) is 43.7 Å². The predicted octanol–water partition coefficient (Wildman–Crippen LogP) is 7.79. The first-order valence-corrected chi connectivity index (χ1v) is 13.6. The Labute approximate surface area is 234 Å². The van der Waals surface area contributed by atoms with Crippen LogP contribution >= 0.6 is 0 Å². The minimum absolute atomic E-state index is 0.0687. The largest absolute Gasteiger partial charge is 0.435 e. The fourth-order valence-electron chi connectivity index (χ4n) is 5.63. The van der Waals surface area contributed by atoms with Crippen molar-refractivity contribution in [1.29, 1.82) is 0 Å². The van der Waals surface area contributed by atoms with Crippen LogP contribution < -0.4 is 5.32 Å². The Morgan fingerprint density at radius 3 is 2.51 bits per heavy atom. The second kappa shape index (κ2) is 10.4. The summed E-state index contributed by atoms with van der Waals surface area (Å²) in [6.45, 7) is 3.25. The quantitative estimate of drug-likeness (QED) is 0.195. The molecule has 3 aromatic carbocycles. The molecule has 0 amide bonds. The zero-order valence-electron chi connectivity index (χ0n) is 22.7. The van der Waals surface area contributed by atoms with E-state index in [1.807, 2.05) is 6.07 Å². The topological polar surface area (TPSA) is 68.8 Å². The molecule has 0 radical (unpaired) electrons. The van der Waals surface area contributed by atoms with Crippen LogP contribution in [0.3, 0.4) is 0 Å². The van der Waals surface area contributed by atoms with Crippen molar-refractivity contribution in [3.05, 3.63) is 77.9 Å². The molecule has 0 saturated heterocycles. The molecule has 212 valence electrons. The number of alkyl halides is 3. The van der Waals surface area contributed by atoms with Gasteiger partial charge in [-0.25, -0.2) is 9.37 Å². The average molecular weight is 564 g/mol. The molecule has 0 unspecified atom stereocenters. The SMILES string of the molecule is CCC1(CNCc2cc(C(F)(F)F)c3oc(-c4cccc(-c5ccc(F)cc5-c5nncn5C)c4)nc3c2)CCC1. The van der Waals surface area contributed by atoms with Gasteiger partial charge in [0.05, 0.1) is 0 Å². The van der Waals surface area contributed by atoms with Crippen molar-refractivity contribution in [1.82, 2.24) is 25.1 Å². The zero-order valence-corrected chi connectivity index (χ0v) is 22.7. The summed E-state index contributed by atoms with van der Waals surface area (Å²) < 4.78 is 64.0. The number of hydrogen-bond acceptors (Lipinski definition) is 5. The van der Waals surface area contributed by atoms with E-state index in [2.05, 4.69) is 27.4 Å². The Morgan fingerprint density at radius 2 is 1.83 bits per heavy atom. The number of rotatable bonds is 8. The fraction of sp³-hybridized carbons (Fsp3) is 0.323. The molecule has 0 spiro atoms. The zero-order chi connectivity index (χ0) is 28.8. The number of oxazole rings is 1. The molecule has 1 saturated carbocycles. The Bertz CT molecular complexity index is 1710. The number of nitrogens with zero attached hydrogens (tertiary/aromatic N) is 4. The Balaban J connectivity index is 1.36. The molecule has 10 heteroatoms. The van der Waals surface area contributed by atoms with Gasteiger partial charge >= 0.3 is 6.18 Å². The lowest BCUT2D eigenvalue weighted by molar-refractivity contribution is -0.136. The van der Waals surface area contributed by atoms with E-state index in [4.69, 9.17) is 4.42 Å². The lowest BCUT2D eigenvalue weighted by atomic mass is 9.67. The molecule has 2 aromatic heterocycles. The molecule has 1 N–H and O–H groups in total. The van der Waals surface area contributed by atoms with Gasteiger partial charge in [-0.3, -0.25) is 0 Å². The number of benzene rings is 3. The molecule has 1 aliphatic rings. The highest BCUT2D eigenvalue weighted by atomic mass is 19.4. The summed E-state index contributed by atoms with van der Waals surface area (Å²) >= 11 is 0. The van der Waals surface area contributed by atoms with Gasteiger partial charge in [-0.2, -0.15) is 13.2 Å². The first kappa shape index (κ1) is 27.1. The van der Waals surface area contributed by atoms with Gasteiger partial charge in [-0.1, -0.05) is 31.5 Å². The van der Waals surface area contributed by atoms with Gasteiger partial charge in [0, 0.05) is 31.3 Å². The van der Waals surface area contributed by atoms with Crippen molar-refractivity contribution in [2.75, 3.05) is 6.54 Å². The van der Waals surface area contributed by atoms with E-state index in [-0.39, 0.29) is 22.4 Å². The standard InChI is InChI=1S/C31H29F4N5O/c1-3-30(10-5-11-30)17-36-16-19-12-25(31(33,34)35)27-26(13-19)38-29(41-27)21-7-4-6-20(14-21)23-9-8-22(32)15-24(23)28-39-37-18-40(28)2/h4,6-9,12-15,18,36H,3,5,10-11,16-17H2,1-2H3. The molecule has 0 aliphatic heterocycles. The van der Waals surface area contributed by atoms with E-state index in [1.165, 1.54) is 24.9 Å². The van der Waals surface area contributed by atoms with Crippen LogP contribution in [0.4, 0.5) is 17.6 Å². The monoisotopic (exact) mass is 563 g/mol. The molecule has 2 heterocycles. The van der Waals surface area contributed by atoms with Crippen LogP contribution in [0, 0.1) is 11.2 Å². The van der Waals surface area contributed by atoms with Crippen molar-refractivity contribution in [3.8, 4) is 34.0 Å². The maximum Gasteiger partial charge on any atom is 0.420 e. The molecule has 1 fully saturated rings. The first-order valence-electron chi connectivity index (χ1n) is 13.6. The lowest BCUT2D eigenvalue weighted by Gasteiger charge is -2.41. The molecule has 0 bridgehead atoms. The fourth-order valence-corrected chi connectivity index (χ4v) is 5.63. The summed E-state index contributed by atoms with van der Waals surface area (Å²) in [7, 11) is 1.76. The summed E-state index contributed by atoms with van der Waals surface area (Å²) in [5.74, 6) is 0.119. The highest BCUT2D eigenvalue weighted by Gasteiger charge is 2.36. The van der Waals surface area contributed by atoms with Gasteiger partial charge in [0.25, 0.3) is 0 Å². The number of halogens is 4. The number of hydrogen-bond donors (Lipinski definition) is 1. The predicted molar refractivity (Wildman–Crippen MR) is 148 cm³/mol. The lowest BCUT2D eigenvalue weighted by Crippen LogP contribution is -2.39. The van der Waals surface area contributed by atoms with E-state index >= 15 is 0 Å². The number of fused-ring (bicyclic) bond motifs is 1. The number of aromatic nitrogens is 4. The summed E-state index contributed by atoms with van der Waals surface area (Å²) in [5.41, 5.74) is 2.16. The minimum atomic E-state index is -4.61.